The molecule has 0 saturated carbocycles. The molecule has 0 bridgehead atoms. The fourth-order valence-electron chi connectivity index (χ4n) is 0.841. The van der Waals surface area contributed by atoms with Gasteiger partial charge >= 0.3 is 5.97 Å². The van der Waals surface area contributed by atoms with Crippen LogP contribution in [0.25, 0.3) is 0 Å². The van der Waals surface area contributed by atoms with Crippen molar-refractivity contribution in [1.29, 1.82) is 0 Å². The molecular weight excluding hydrogens is 184 g/mol. The lowest BCUT2D eigenvalue weighted by atomic mass is 10.4. The van der Waals surface area contributed by atoms with E-state index in [1.165, 1.54) is 19.8 Å². The number of hydrogen-bond donors (Lipinski definition) is 1. The summed E-state index contributed by atoms with van der Waals surface area (Å²) in [6.07, 6.45) is 1.40. The van der Waals surface area contributed by atoms with Gasteiger partial charge in [0, 0.05) is 13.2 Å². The first-order valence-corrected chi connectivity index (χ1v) is 5.00. The van der Waals surface area contributed by atoms with Crippen LogP contribution in [0.15, 0.2) is 0 Å². The van der Waals surface area contributed by atoms with Crippen LogP contribution in [0.2, 0.25) is 0 Å². The molecule has 1 saturated heterocycles. The van der Waals surface area contributed by atoms with E-state index in [1.54, 1.807) is 13.8 Å². The lowest BCUT2D eigenvalue weighted by Crippen LogP contribution is -2.22. The van der Waals surface area contributed by atoms with Crippen LogP contribution in [0, 0.1) is 0 Å². The standard InChI is InChI=1S/C6H12O3.C4H8O/c1-4(2)9-6(8)5(3)7;1-2-4-5-3-1/h4-5,7H,1-3H3;1-4H2. The van der Waals surface area contributed by atoms with Crippen molar-refractivity contribution in [2.45, 2.75) is 45.8 Å². The van der Waals surface area contributed by atoms with Crippen LogP contribution in [0.4, 0.5) is 0 Å². The Bertz CT molecular complexity index is 143. The van der Waals surface area contributed by atoms with E-state index in [-0.39, 0.29) is 6.10 Å². The van der Waals surface area contributed by atoms with Gasteiger partial charge in [0.15, 0.2) is 0 Å². The van der Waals surface area contributed by atoms with Gasteiger partial charge in [0.1, 0.15) is 6.10 Å². The van der Waals surface area contributed by atoms with Crippen molar-refractivity contribution in [3.8, 4) is 0 Å². The maximum Gasteiger partial charge on any atom is 0.334 e. The van der Waals surface area contributed by atoms with E-state index in [9.17, 15) is 4.79 Å². The highest BCUT2D eigenvalue weighted by Crippen LogP contribution is 1.98. The summed E-state index contributed by atoms with van der Waals surface area (Å²) in [5.41, 5.74) is 0. The number of carbonyl (C=O) groups excluding carboxylic acids is 1. The Morgan fingerprint density at radius 1 is 1.29 bits per heavy atom. The summed E-state index contributed by atoms with van der Waals surface area (Å²) in [6, 6.07) is 0. The number of hydrogen-bond acceptors (Lipinski definition) is 4. The average molecular weight is 204 g/mol. The van der Waals surface area contributed by atoms with Gasteiger partial charge in [-0.1, -0.05) is 0 Å². The predicted octanol–water partition coefficient (Wildman–Crippen LogP) is 1.12. The Hall–Kier alpha value is -0.610. The molecule has 0 aromatic rings. The van der Waals surface area contributed by atoms with E-state index in [2.05, 4.69) is 4.74 Å². The molecule has 0 amide bonds. The Balaban J connectivity index is 0.000000280. The minimum absolute atomic E-state index is 0.146. The maximum absolute atomic E-state index is 10.5. The van der Waals surface area contributed by atoms with E-state index in [0.717, 1.165) is 13.2 Å². The SMILES string of the molecule is C1CCOC1.CC(C)OC(=O)C(C)O. The van der Waals surface area contributed by atoms with Crippen LogP contribution in [0.1, 0.15) is 33.6 Å². The summed E-state index contributed by atoms with van der Waals surface area (Å²) >= 11 is 0. The van der Waals surface area contributed by atoms with Gasteiger partial charge in [-0.3, -0.25) is 0 Å². The summed E-state index contributed by atoms with van der Waals surface area (Å²) in [5.74, 6) is -0.565. The zero-order chi connectivity index (χ0) is 11.0. The lowest BCUT2D eigenvalue weighted by Gasteiger charge is -2.08. The molecule has 1 atom stereocenters. The van der Waals surface area contributed by atoms with Crippen molar-refractivity contribution in [2.75, 3.05) is 13.2 Å². The van der Waals surface area contributed by atoms with E-state index < -0.39 is 12.1 Å². The zero-order valence-corrected chi connectivity index (χ0v) is 9.16. The third kappa shape index (κ3) is 8.01. The highest BCUT2D eigenvalue weighted by Gasteiger charge is 2.10. The molecule has 0 spiro atoms. The largest absolute Gasteiger partial charge is 0.461 e. The number of ether oxygens (including phenoxy) is 2. The van der Waals surface area contributed by atoms with E-state index in [0.29, 0.717) is 0 Å². The van der Waals surface area contributed by atoms with Crippen LogP contribution < -0.4 is 0 Å². The third-order valence-electron chi connectivity index (χ3n) is 1.52. The second-order valence-corrected chi connectivity index (χ2v) is 3.48. The van der Waals surface area contributed by atoms with Gasteiger partial charge in [0.25, 0.3) is 0 Å². The Kier molecular flexibility index (Phi) is 7.42. The number of aliphatic hydroxyl groups is 1. The quantitative estimate of drug-likeness (QED) is 0.685. The summed E-state index contributed by atoms with van der Waals surface area (Å²) in [6.45, 7) is 6.85. The van der Waals surface area contributed by atoms with Gasteiger partial charge in [-0.15, -0.1) is 0 Å². The smallest absolute Gasteiger partial charge is 0.334 e. The lowest BCUT2D eigenvalue weighted by molar-refractivity contribution is -0.156. The molecule has 1 aliphatic heterocycles. The highest BCUT2D eigenvalue weighted by atomic mass is 16.6. The van der Waals surface area contributed by atoms with Gasteiger partial charge in [0.05, 0.1) is 6.10 Å². The molecular formula is C10H20O4. The monoisotopic (exact) mass is 204 g/mol. The fourth-order valence-corrected chi connectivity index (χ4v) is 0.841. The molecule has 1 unspecified atom stereocenters. The topological polar surface area (TPSA) is 55.8 Å². The van der Waals surface area contributed by atoms with Crippen LogP contribution in [-0.4, -0.2) is 36.5 Å². The van der Waals surface area contributed by atoms with Gasteiger partial charge in [-0.05, 0) is 33.6 Å². The summed E-state index contributed by atoms with van der Waals surface area (Å²) in [4.78, 5) is 10.5. The minimum Gasteiger partial charge on any atom is -0.461 e. The molecule has 4 nitrogen and oxygen atoms in total. The first kappa shape index (κ1) is 13.4. The molecule has 1 heterocycles. The van der Waals surface area contributed by atoms with Crippen molar-refractivity contribution in [3.63, 3.8) is 0 Å². The minimum atomic E-state index is -1.01. The van der Waals surface area contributed by atoms with Crippen molar-refractivity contribution in [3.05, 3.63) is 0 Å². The third-order valence-corrected chi connectivity index (χ3v) is 1.52. The normalized spacial score (nSPS) is 17.2. The molecule has 0 radical (unpaired) electrons. The Labute approximate surface area is 85.2 Å². The molecule has 1 N–H and O–H groups in total. The van der Waals surface area contributed by atoms with E-state index in [1.807, 2.05) is 0 Å². The summed E-state index contributed by atoms with van der Waals surface area (Å²) < 4.78 is 9.57. The zero-order valence-electron chi connectivity index (χ0n) is 9.16. The molecule has 4 heteroatoms. The number of esters is 1. The fraction of sp³-hybridized carbons (Fsp3) is 0.900. The first-order valence-electron chi connectivity index (χ1n) is 5.00. The van der Waals surface area contributed by atoms with Gasteiger partial charge in [0.2, 0.25) is 0 Å². The van der Waals surface area contributed by atoms with Gasteiger partial charge < -0.3 is 14.6 Å². The molecule has 1 fully saturated rings. The van der Waals surface area contributed by atoms with Crippen molar-refractivity contribution in [1.82, 2.24) is 0 Å². The average Bonchev–Trinajstić information content (AvgIpc) is 2.59. The predicted molar refractivity (Wildman–Crippen MR) is 53.0 cm³/mol. The molecule has 0 aromatic heterocycles. The first-order chi connectivity index (χ1) is 6.54. The molecule has 14 heavy (non-hydrogen) atoms. The number of aliphatic hydroxyl groups excluding tert-OH is 1. The Morgan fingerprint density at radius 2 is 1.79 bits per heavy atom. The summed E-state index contributed by atoms with van der Waals surface area (Å²) in [5, 5.41) is 8.60. The molecule has 84 valence electrons. The molecule has 1 rings (SSSR count). The molecule has 0 aliphatic carbocycles. The van der Waals surface area contributed by atoms with E-state index in [4.69, 9.17) is 9.84 Å². The van der Waals surface area contributed by atoms with Crippen LogP contribution >= 0.6 is 0 Å². The summed E-state index contributed by atoms with van der Waals surface area (Å²) in [7, 11) is 0. The van der Waals surface area contributed by atoms with Gasteiger partial charge in [-0.25, -0.2) is 4.79 Å². The van der Waals surface area contributed by atoms with Crippen LogP contribution in [-0.2, 0) is 14.3 Å². The number of carbonyl (C=O) groups is 1. The van der Waals surface area contributed by atoms with E-state index >= 15 is 0 Å². The van der Waals surface area contributed by atoms with Crippen molar-refractivity contribution >= 4 is 5.97 Å². The molecule has 1 aliphatic rings. The number of rotatable bonds is 2. The Morgan fingerprint density at radius 3 is 1.93 bits per heavy atom. The second kappa shape index (κ2) is 7.76. The van der Waals surface area contributed by atoms with Crippen LogP contribution in [0.3, 0.4) is 0 Å². The molecule has 0 aromatic carbocycles. The van der Waals surface area contributed by atoms with Gasteiger partial charge in [-0.2, -0.15) is 0 Å². The second-order valence-electron chi connectivity index (χ2n) is 3.48. The van der Waals surface area contributed by atoms with Crippen molar-refractivity contribution < 1.29 is 19.4 Å². The highest BCUT2D eigenvalue weighted by molar-refractivity contribution is 5.73. The maximum atomic E-state index is 10.5. The van der Waals surface area contributed by atoms with Crippen molar-refractivity contribution in [2.24, 2.45) is 0 Å². The van der Waals surface area contributed by atoms with Crippen LogP contribution in [0.5, 0.6) is 0 Å².